The van der Waals surface area contributed by atoms with Gasteiger partial charge >= 0.3 is 5.97 Å². The van der Waals surface area contributed by atoms with Crippen LogP contribution in [0.25, 0.3) is 0 Å². The molecule has 0 aliphatic rings. The fourth-order valence-electron chi connectivity index (χ4n) is 3.30. The zero-order valence-corrected chi connectivity index (χ0v) is 23.3. The first-order valence-electron chi connectivity index (χ1n) is 10.7. The normalized spacial score (nSPS) is 11.1. The summed E-state index contributed by atoms with van der Waals surface area (Å²) >= 11 is 2.17. The Hall–Kier alpha value is -3.36. The molecule has 2 aromatic carbocycles. The maximum Gasteiger partial charge on any atom is 0.316 e. The Morgan fingerprint density at radius 1 is 1.00 bits per heavy atom. The molecule has 0 saturated carbocycles. The molecular weight excluding hydrogens is 540 g/mol. The molecule has 14 heteroatoms. The zero-order chi connectivity index (χ0) is 27.2. The van der Waals surface area contributed by atoms with Crippen LogP contribution < -0.4 is 19.1 Å². The van der Waals surface area contributed by atoms with Crippen LogP contribution in [0.2, 0.25) is 0 Å². The van der Waals surface area contributed by atoms with Crippen LogP contribution in [-0.2, 0) is 24.3 Å². The summed E-state index contributed by atoms with van der Waals surface area (Å²) in [6, 6.07) is 9.49. The number of nitrogens with one attached hydrogen (secondary N) is 1. The van der Waals surface area contributed by atoms with E-state index in [-0.39, 0.29) is 21.5 Å². The Labute approximate surface area is 223 Å². The number of rotatable bonds is 11. The lowest BCUT2D eigenvalue weighted by atomic mass is 10.1. The Morgan fingerprint density at radius 3 is 2.30 bits per heavy atom. The maximum atomic E-state index is 13.8. The summed E-state index contributed by atoms with van der Waals surface area (Å²) in [6.07, 6.45) is 0. The number of methoxy groups -OCH3 is 3. The summed E-state index contributed by atoms with van der Waals surface area (Å²) in [6.45, 7) is 3.16. The fraction of sp³-hybridized carbons (Fsp3) is 0.304. The van der Waals surface area contributed by atoms with Gasteiger partial charge in [0.15, 0.2) is 15.8 Å². The van der Waals surface area contributed by atoms with E-state index in [0.717, 1.165) is 38.5 Å². The Balaban J connectivity index is 1.90. The molecule has 198 valence electrons. The van der Waals surface area contributed by atoms with Crippen molar-refractivity contribution in [1.29, 1.82) is 0 Å². The van der Waals surface area contributed by atoms with Crippen molar-refractivity contribution >= 4 is 55.8 Å². The first-order chi connectivity index (χ1) is 17.6. The molecule has 1 aromatic heterocycles. The van der Waals surface area contributed by atoms with Crippen LogP contribution in [0.3, 0.4) is 0 Å². The van der Waals surface area contributed by atoms with Gasteiger partial charge < -0.3 is 14.2 Å². The van der Waals surface area contributed by atoms with Crippen molar-refractivity contribution in [2.24, 2.45) is 0 Å². The second kappa shape index (κ2) is 12.3. The number of thioether (sulfide) groups is 1. The van der Waals surface area contributed by atoms with Crippen LogP contribution in [0.15, 0.2) is 45.6 Å². The van der Waals surface area contributed by atoms with Crippen molar-refractivity contribution in [3.8, 4) is 11.5 Å². The number of hydrogen-bond acceptors (Lipinski definition) is 11. The molecule has 11 nitrogen and oxygen atoms in total. The number of nitrogens with zero attached hydrogens (tertiary/aromatic N) is 3. The molecule has 0 aliphatic heterocycles. The average molecular weight is 567 g/mol. The number of esters is 1. The van der Waals surface area contributed by atoms with Gasteiger partial charge in [0.25, 0.3) is 10.0 Å². The number of hydrogen-bond donors (Lipinski definition) is 1. The van der Waals surface area contributed by atoms with Gasteiger partial charge in [-0.1, -0.05) is 29.2 Å². The number of carbonyl (C=O) groups is 2. The first-order valence-corrected chi connectivity index (χ1v) is 14.0. The second-order valence-electron chi connectivity index (χ2n) is 7.66. The lowest BCUT2D eigenvalue weighted by Gasteiger charge is -2.25. The van der Waals surface area contributed by atoms with Crippen molar-refractivity contribution in [2.75, 3.05) is 43.2 Å². The minimum Gasteiger partial charge on any atom is -0.493 e. The molecule has 1 amide bonds. The summed E-state index contributed by atoms with van der Waals surface area (Å²) in [5.74, 6) is -0.393. The molecule has 1 heterocycles. The van der Waals surface area contributed by atoms with Gasteiger partial charge in [-0.25, -0.2) is 8.42 Å². The molecule has 3 rings (SSSR count). The zero-order valence-electron chi connectivity index (χ0n) is 20.8. The Bertz CT molecular complexity index is 1370. The lowest BCUT2D eigenvalue weighted by molar-refractivity contribution is -0.137. The van der Waals surface area contributed by atoms with E-state index < -0.39 is 28.4 Å². The van der Waals surface area contributed by atoms with Gasteiger partial charge in [-0.05, 0) is 49.2 Å². The maximum absolute atomic E-state index is 13.8. The van der Waals surface area contributed by atoms with Gasteiger partial charge in [0.1, 0.15) is 6.54 Å². The molecular formula is C23H26N4O7S3. The highest BCUT2D eigenvalue weighted by Gasteiger charge is 2.29. The third-order valence-electron chi connectivity index (χ3n) is 4.92. The number of ether oxygens (including phenoxy) is 3. The molecule has 0 atom stereocenters. The van der Waals surface area contributed by atoms with Crippen LogP contribution in [-0.4, -0.2) is 64.1 Å². The van der Waals surface area contributed by atoms with Crippen LogP contribution in [0.5, 0.6) is 11.5 Å². The smallest absolute Gasteiger partial charge is 0.316 e. The molecule has 1 N–H and O–H groups in total. The molecule has 0 fully saturated rings. The van der Waals surface area contributed by atoms with Crippen molar-refractivity contribution < 1.29 is 32.2 Å². The van der Waals surface area contributed by atoms with Crippen molar-refractivity contribution in [1.82, 2.24) is 10.2 Å². The highest BCUT2D eigenvalue weighted by atomic mass is 32.2. The third kappa shape index (κ3) is 7.11. The SMILES string of the molecule is COC(=O)CSc1nnc(NC(=O)CN(c2cc(C)cc(C)c2)S(=O)(=O)c2ccc(OC)c(OC)c2)s1. The molecule has 37 heavy (non-hydrogen) atoms. The van der Waals surface area contributed by atoms with E-state index in [9.17, 15) is 18.0 Å². The van der Waals surface area contributed by atoms with Gasteiger partial charge in [0, 0.05) is 6.07 Å². The molecule has 0 spiro atoms. The standard InChI is InChI=1S/C23H26N4O7S3/c1-14-8-15(2)10-16(9-14)27(37(30,31)17-6-7-18(32-3)19(11-17)33-4)12-20(28)24-22-25-26-23(36-22)35-13-21(29)34-5/h6-11H,12-13H2,1-5H3,(H,24,25,28). The lowest BCUT2D eigenvalue weighted by Crippen LogP contribution is -2.38. The van der Waals surface area contributed by atoms with E-state index in [4.69, 9.17) is 9.47 Å². The predicted octanol–water partition coefficient (Wildman–Crippen LogP) is 3.27. The Kier molecular flexibility index (Phi) is 9.34. The Morgan fingerprint density at radius 2 is 1.68 bits per heavy atom. The van der Waals surface area contributed by atoms with Gasteiger partial charge in [0.2, 0.25) is 11.0 Å². The van der Waals surface area contributed by atoms with E-state index >= 15 is 0 Å². The fourth-order valence-corrected chi connectivity index (χ4v) is 6.32. The average Bonchev–Trinajstić information content (AvgIpc) is 3.31. The number of amides is 1. The number of carbonyl (C=O) groups excluding carboxylic acids is 2. The summed E-state index contributed by atoms with van der Waals surface area (Å²) in [7, 11) is -0.0603. The molecule has 3 aromatic rings. The summed E-state index contributed by atoms with van der Waals surface area (Å²) in [5.41, 5.74) is 1.99. The number of sulfonamides is 1. The first kappa shape index (κ1) is 28.2. The van der Waals surface area contributed by atoms with Crippen molar-refractivity contribution in [3.05, 3.63) is 47.5 Å². The molecule has 0 unspecified atom stereocenters. The quantitative estimate of drug-likeness (QED) is 0.209. The molecule has 0 bridgehead atoms. The summed E-state index contributed by atoms with van der Waals surface area (Å²) in [4.78, 5) is 24.2. The van der Waals surface area contributed by atoms with E-state index in [1.807, 2.05) is 19.9 Å². The summed E-state index contributed by atoms with van der Waals surface area (Å²) in [5, 5.41) is 10.6. The number of aromatic nitrogens is 2. The largest absolute Gasteiger partial charge is 0.493 e. The van der Waals surface area contributed by atoms with Gasteiger partial charge in [-0.15, -0.1) is 10.2 Å². The van der Waals surface area contributed by atoms with E-state index in [1.165, 1.54) is 39.5 Å². The number of aryl methyl sites for hydroxylation is 2. The minimum absolute atomic E-state index is 0.0448. The highest BCUT2D eigenvalue weighted by Crippen LogP contribution is 2.33. The number of anilines is 2. The minimum atomic E-state index is -4.20. The molecule has 0 saturated heterocycles. The number of benzene rings is 2. The predicted molar refractivity (Wildman–Crippen MR) is 141 cm³/mol. The third-order valence-corrected chi connectivity index (χ3v) is 8.63. The van der Waals surface area contributed by atoms with Gasteiger partial charge in [0.05, 0.1) is 37.7 Å². The summed E-state index contributed by atoms with van der Waals surface area (Å²) < 4.78 is 44.1. The van der Waals surface area contributed by atoms with Crippen LogP contribution in [0.1, 0.15) is 11.1 Å². The van der Waals surface area contributed by atoms with Crippen LogP contribution >= 0.6 is 23.1 Å². The van der Waals surface area contributed by atoms with Crippen LogP contribution in [0.4, 0.5) is 10.8 Å². The van der Waals surface area contributed by atoms with E-state index in [2.05, 4.69) is 20.3 Å². The second-order valence-corrected chi connectivity index (χ2v) is 11.7. The molecule has 0 radical (unpaired) electrons. The van der Waals surface area contributed by atoms with Gasteiger partial charge in [-0.3, -0.25) is 19.2 Å². The monoisotopic (exact) mass is 566 g/mol. The topological polar surface area (TPSA) is 137 Å². The van der Waals surface area contributed by atoms with Gasteiger partial charge in [-0.2, -0.15) is 0 Å². The van der Waals surface area contributed by atoms with Crippen LogP contribution in [0, 0.1) is 13.8 Å². The van der Waals surface area contributed by atoms with Crippen molar-refractivity contribution in [3.63, 3.8) is 0 Å². The molecule has 0 aliphatic carbocycles. The highest BCUT2D eigenvalue weighted by molar-refractivity contribution is 8.01. The van der Waals surface area contributed by atoms with E-state index in [1.54, 1.807) is 12.1 Å². The van der Waals surface area contributed by atoms with Crippen molar-refractivity contribution in [2.45, 2.75) is 23.1 Å². The van der Waals surface area contributed by atoms with E-state index in [0.29, 0.717) is 15.8 Å².